The Morgan fingerprint density at radius 1 is 1.21 bits per heavy atom. The van der Waals surface area contributed by atoms with Crippen LogP contribution in [0.25, 0.3) is 0 Å². The molecule has 1 fully saturated rings. The van der Waals surface area contributed by atoms with Gasteiger partial charge in [0.25, 0.3) is 0 Å². The molecule has 1 aliphatic heterocycles. The summed E-state index contributed by atoms with van der Waals surface area (Å²) in [5.74, 6) is 0.153. The zero-order chi connectivity index (χ0) is 18.4. The third kappa shape index (κ3) is 6.36. The van der Waals surface area contributed by atoms with E-state index in [1.807, 2.05) is 60.5 Å². The van der Waals surface area contributed by atoms with Gasteiger partial charge in [0, 0.05) is 43.3 Å². The number of halogens is 2. The second-order valence-electron chi connectivity index (χ2n) is 7.06. The summed E-state index contributed by atoms with van der Waals surface area (Å²) in [4.78, 5) is 21.4. The normalized spacial score (nSPS) is 17.1. The molecule has 2 atom stereocenters. The van der Waals surface area contributed by atoms with E-state index in [0.29, 0.717) is 13.1 Å². The molecule has 1 aliphatic rings. The zero-order valence-corrected chi connectivity index (χ0v) is 17.9. The van der Waals surface area contributed by atoms with Crippen LogP contribution in [0.4, 0.5) is 5.69 Å². The van der Waals surface area contributed by atoms with Gasteiger partial charge in [-0.25, -0.2) is 0 Å². The molecular weight excluding hydrogens is 395 g/mol. The molecule has 1 aromatic carbocycles. The quantitative estimate of drug-likeness (QED) is 0.768. The first-order valence-electron chi connectivity index (χ1n) is 9.39. The number of pyridine rings is 1. The van der Waals surface area contributed by atoms with Crippen LogP contribution in [0.15, 0.2) is 54.9 Å². The molecule has 1 saturated heterocycles. The van der Waals surface area contributed by atoms with Crippen molar-refractivity contribution in [2.75, 3.05) is 18.0 Å². The van der Waals surface area contributed by atoms with Crippen LogP contribution in [0.5, 0.6) is 0 Å². The van der Waals surface area contributed by atoms with Crippen LogP contribution >= 0.6 is 24.8 Å². The first-order chi connectivity index (χ1) is 12.6. The van der Waals surface area contributed by atoms with E-state index in [-0.39, 0.29) is 42.8 Å². The van der Waals surface area contributed by atoms with Crippen molar-refractivity contribution in [2.24, 2.45) is 5.73 Å². The van der Waals surface area contributed by atoms with E-state index in [1.165, 1.54) is 0 Å². The van der Waals surface area contributed by atoms with Gasteiger partial charge in [-0.05, 0) is 49.9 Å². The molecular formula is C21H30Cl2N4O. The second-order valence-corrected chi connectivity index (χ2v) is 7.06. The lowest BCUT2D eigenvalue weighted by atomic mass is 9.97. The lowest BCUT2D eigenvalue weighted by Gasteiger charge is -2.39. The number of benzene rings is 1. The number of anilines is 1. The fourth-order valence-corrected chi connectivity index (χ4v) is 3.66. The topological polar surface area (TPSA) is 62.5 Å². The first-order valence-corrected chi connectivity index (χ1v) is 9.39. The molecule has 154 valence electrons. The Hall–Kier alpha value is -1.82. The van der Waals surface area contributed by atoms with E-state index in [4.69, 9.17) is 5.73 Å². The Labute approximate surface area is 180 Å². The average Bonchev–Trinajstić information content (AvgIpc) is 2.69. The minimum absolute atomic E-state index is 0. The molecule has 2 heterocycles. The highest BCUT2D eigenvalue weighted by Gasteiger charge is 2.30. The summed E-state index contributed by atoms with van der Waals surface area (Å²) >= 11 is 0. The van der Waals surface area contributed by atoms with Gasteiger partial charge in [-0.1, -0.05) is 24.3 Å². The van der Waals surface area contributed by atoms with Gasteiger partial charge in [-0.15, -0.1) is 24.8 Å². The van der Waals surface area contributed by atoms with Crippen molar-refractivity contribution in [1.82, 2.24) is 9.88 Å². The summed E-state index contributed by atoms with van der Waals surface area (Å²) in [7, 11) is 0. The average molecular weight is 425 g/mol. The van der Waals surface area contributed by atoms with Crippen LogP contribution < -0.4 is 10.6 Å². The van der Waals surface area contributed by atoms with Crippen molar-refractivity contribution in [1.29, 1.82) is 0 Å². The van der Waals surface area contributed by atoms with Gasteiger partial charge in [0.05, 0.1) is 6.54 Å². The number of carbonyl (C=O) groups excluding carboxylic acids is 1. The molecule has 2 aromatic rings. The molecule has 3 rings (SSSR count). The summed E-state index contributed by atoms with van der Waals surface area (Å²) in [5.41, 5.74) is 8.28. The van der Waals surface area contributed by atoms with E-state index in [0.717, 1.165) is 37.1 Å². The summed E-state index contributed by atoms with van der Waals surface area (Å²) in [6.45, 7) is 3.81. The molecule has 5 nitrogen and oxygen atoms in total. The summed E-state index contributed by atoms with van der Waals surface area (Å²) < 4.78 is 0. The molecule has 0 bridgehead atoms. The standard InChI is InChI=1S/C21H28N4O.2ClH/c1-17(22)20-11-5-6-13-25(20)21(26)16-24(19-9-3-2-4-10-19)15-18-8-7-12-23-14-18;;/h2-4,7-10,12,14,17,20H,5-6,11,13,15-16,22H2,1H3;2*1H. The summed E-state index contributed by atoms with van der Waals surface area (Å²) in [5, 5.41) is 0. The van der Waals surface area contributed by atoms with E-state index < -0.39 is 0 Å². The molecule has 0 aliphatic carbocycles. The Morgan fingerprint density at radius 2 is 1.96 bits per heavy atom. The van der Waals surface area contributed by atoms with Gasteiger partial charge in [0.1, 0.15) is 0 Å². The third-order valence-electron chi connectivity index (χ3n) is 5.02. The zero-order valence-electron chi connectivity index (χ0n) is 16.2. The fraction of sp³-hybridized carbons (Fsp3) is 0.429. The van der Waals surface area contributed by atoms with Crippen molar-refractivity contribution < 1.29 is 4.79 Å². The van der Waals surface area contributed by atoms with Crippen LogP contribution in [-0.2, 0) is 11.3 Å². The second kappa shape index (κ2) is 11.9. The van der Waals surface area contributed by atoms with Gasteiger partial charge in [0.15, 0.2) is 0 Å². The van der Waals surface area contributed by atoms with Crippen LogP contribution in [0.2, 0.25) is 0 Å². The first kappa shape index (κ1) is 24.2. The lowest BCUT2D eigenvalue weighted by Crippen LogP contribution is -2.54. The molecule has 2 unspecified atom stereocenters. The van der Waals surface area contributed by atoms with E-state index in [9.17, 15) is 4.79 Å². The van der Waals surface area contributed by atoms with E-state index in [2.05, 4.69) is 9.88 Å². The van der Waals surface area contributed by atoms with Gasteiger partial charge < -0.3 is 15.5 Å². The van der Waals surface area contributed by atoms with Crippen LogP contribution in [0.3, 0.4) is 0 Å². The van der Waals surface area contributed by atoms with Crippen LogP contribution in [0.1, 0.15) is 31.7 Å². The smallest absolute Gasteiger partial charge is 0.242 e. The number of amides is 1. The minimum atomic E-state index is 0. The number of rotatable bonds is 6. The number of likely N-dealkylation sites (tertiary alicyclic amines) is 1. The predicted molar refractivity (Wildman–Crippen MR) is 119 cm³/mol. The Kier molecular flexibility index (Phi) is 10.3. The Morgan fingerprint density at radius 3 is 2.61 bits per heavy atom. The molecule has 1 aromatic heterocycles. The molecule has 0 radical (unpaired) electrons. The maximum absolute atomic E-state index is 13.1. The summed E-state index contributed by atoms with van der Waals surface area (Å²) in [6.07, 6.45) is 6.82. The number of piperidine rings is 1. The van der Waals surface area contributed by atoms with Gasteiger partial charge in [-0.3, -0.25) is 9.78 Å². The molecule has 1 amide bonds. The molecule has 7 heteroatoms. The molecule has 0 saturated carbocycles. The Bertz CT molecular complexity index is 700. The maximum atomic E-state index is 13.1. The van der Waals surface area contributed by atoms with E-state index in [1.54, 1.807) is 6.20 Å². The molecule has 28 heavy (non-hydrogen) atoms. The van der Waals surface area contributed by atoms with Crippen LogP contribution in [0, 0.1) is 0 Å². The number of carbonyl (C=O) groups is 1. The van der Waals surface area contributed by atoms with Crippen molar-refractivity contribution in [3.63, 3.8) is 0 Å². The minimum Gasteiger partial charge on any atom is -0.358 e. The van der Waals surface area contributed by atoms with Crippen molar-refractivity contribution in [3.05, 3.63) is 60.4 Å². The highest BCUT2D eigenvalue weighted by Crippen LogP contribution is 2.21. The number of aromatic nitrogens is 1. The lowest BCUT2D eigenvalue weighted by molar-refractivity contribution is -0.133. The highest BCUT2D eigenvalue weighted by molar-refractivity contribution is 5.85. The SMILES string of the molecule is CC(N)C1CCCCN1C(=O)CN(Cc1cccnc1)c1ccccc1.Cl.Cl. The van der Waals surface area contributed by atoms with Crippen LogP contribution in [-0.4, -0.2) is 41.0 Å². The molecule has 2 N–H and O–H groups in total. The van der Waals surface area contributed by atoms with Gasteiger partial charge >= 0.3 is 0 Å². The molecule has 0 spiro atoms. The van der Waals surface area contributed by atoms with Gasteiger partial charge in [0.2, 0.25) is 5.91 Å². The van der Waals surface area contributed by atoms with Crippen molar-refractivity contribution in [3.8, 4) is 0 Å². The van der Waals surface area contributed by atoms with Gasteiger partial charge in [-0.2, -0.15) is 0 Å². The Balaban J connectivity index is 0.00000196. The summed E-state index contributed by atoms with van der Waals surface area (Å²) in [6, 6.07) is 14.2. The predicted octanol–water partition coefficient (Wildman–Crippen LogP) is 3.66. The number of para-hydroxylation sites is 1. The van der Waals surface area contributed by atoms with E-state index >= 15 is 0 Å². The number of hydrogen-bond donors (Lipinski definition) is 1. The monoisotopic (exact) mass is 424 g/mol. The number of nitrogens with two attached hydrogens (primary N) is 1. The van der Waals surface area contributed by atoms with Crippen molar-refractivity contribution in [2.45, 2.75) is 44.8 Å². The maximum Gasteiger partial charge on any atom is 0.242 e. The number of nitrogens with zero attached hydrogens (tertiary/aromatic N) is 3. The largest absolute Gasteiger partial charge is 0.358 e. The third-order valence-corrected chi connectivity index (χ3v) is 5.02. The fourth-order valence-electron chi connectivity index (χ4n) is 3.66. The number of hydrogen-bond acceptors (Lipinski definition) is 4. The van der Waals surface area contributed by atoms with Crippen molar-refractivity contribution >= 4 is 36.4 Å². The highest BCUT2D eigenvalue weighted by atomic mass is 35.5.